The molecule has 0 aromatic carbocycles. The molecule has 0 aliphatic rings. The Labute approximate surface area is 185 Å². The molecule has 0 saturated carbocycles. The molecule has 33 heavy (non-hydrogen) atoms. The Kier molecular flexibility index (Phi) is 5.46. The van der Waals surface area contributed by atoms with Gasteiger partial charge in [-0.1, -0.05) is 0 Å². The molecule has 0 spiro atoms. The van der Waals surface area contributed by atoms with E-state index in [0.29, 0.717) is 27.7 Å². The largest absolute Gasteiger partial charge is 0.408 e. The van der Waals surface area contributed by atoms with Crippen molar-refractivity contribution in [3.8, 4) is 11.1 Å². The van der Waals surface area contributed by atoms with Gasteiger partial charge in [0, 0.05) is 29.5 Å². The maximum absolute atomic E-state index is 13.7. The van der Waals surface area contributed by atoms with Crippen LogP contribution in [0, 0.1) is 0 Å². The predicted octanol–water partition coefficient (Wildman–Crippen LogP) is 4.11. The van der Waals surface area contributed by atoms with Crippen molar-refractivity contribution >= 4 is 28.4 Å². The highest BCUT2D eigenvalue weighted by Crippen LogP contribution is 2.30. The molecule has 12 heteroatoms. The van der Waals surface area contributed by atoms with E-state index in [9.17, 15) is 22.4 Å². The highest BCUT2D eigenvalue weighted by Gasteiger charge is 2.36. The molecule has 4 aromatic rings. The number of anilines is 1. The first kappa shape index (κ1) is 22.5. The summed E-state index contributed by atoms with van der Waals surface area (Å²) >= 11 is 0. The van der Waals surface area contributed by atoms with E-state index >= 15 is 0 Å². The van der Waals surface area contributed by atoms with Crippen LogP contribution in [0.15, 0.2) is 36.9 Å². The van der Waals surface area contributed by atoms with Crippen molar-refractivity contribution in [2.75, 3.05) is 11.9 Å². The molecule has 1 atom stereocenters. The number of aromatic nitrogens is 5. The molecule has 0 aliphatic heterocycles. The fourth-order valence-electron chi connectivity index (χ4n) is 3.20. The van der Waals surface area contributed by atoms with Gasteiger partial charge in [0.25, 0.3) is 5.91 Å². The summed E-state index contributed by atoms with van der Waals surface area (Å²) in [6.07, 6.45) is 1.73. The lowest BCUT2D eigenvalue weighted by Crippen LogP contribution is -2.35. The third-order valence-electron chi connectivity index (χ3n) is 5.02. The van der Waals surface area contributed by atoms with E-state index in [1.807, 2.05) is 0 Å². The molecule has 0 radical (unpaired) electrons. The van der Waals surface area contributed by atoms with Gasteiger partial charge >= 0.3 is 6.18 Å². The Morgan fingerprint density at radius 2 is 2.00 bits per heavy atom. The predicted molar refractivity (Wildman–Crippen MR) is 115 cm³/mol. The molecule has 8 nitrogen and oxygen atoms in total. The lowest BCUT2D eigenvalue weighted by Gasteiger charge is -2.16. The van der Waals surface area contributed by atoms with Gasteiger partial charge in [0.1, 0.15) is 17.4 Å². The van der Waals surface area contributed by atoms with Crippen molar-refractivity contribution in [2.24, 2.45) is 0 Å². The van der Waals surface area contributed by atoms with Crippen molar-refractivity contribution in [3.63, 3.8) is 0 Å². The minimum atomic E-state index is -4.43. The Morgan fingerprint density at radius 3 is 2.70 bits per heavy atom. The van der Waals surface area contributed by atoms with Crippen LogP contribution in [0.4, 0.5) is 23.5 Å². The number of hydrogen-bond donors (Lipinski definition) is 3. The number of carbonyl (C=O) groups excluding carboxylic acids is 1. The summed E-state index contributed by atoms with van der Waals surface area (Å²) in [6.45, 7) is 3.57. The van der Waals surface area contributed by atoms with Gasteiger partial charge in [-0.3, -0.25) is 4.79 Å². The van der Waals surface area contributed by atoms with E-state index in [4.69, 9.17) is 0 Å². The molecule has 0 aliphatic carbocycles. The third kappa shape index (κ3) is 4.73. The molecule has 1 amide bonds. The second kappa shape index (κ2) is 8.01. The lowest BCUT2D eigenvalue weighted by atomic mass is 10.1. The molecule has 174 valence electrons. The van der Waals surface area contributed by atoms with Crippen molar-refractivity contribution < 1.29 is 22.4 Å². The normalized spacial score (nSPS) is 13.4. The lowest BCUT2D eigenvalue weighted by molar-refractivity contribution is -0.138. The van der Waals surface area contributed by atoms with E-state index in [1.54, 1.807) is 24.5 Å². The molecular formula is C21H21F4N7O. The zero-order valence-corrected chi connectivity index (χ0v) is 18.0. The first-order chi connectivity index (χ1) is 15.4. The van der Waals surface area contributed by atoms with Crippen LogP contribution in [0.2, 0.25) is 0 Å². The van der Waals surface area contributed by atoms with Crippen molar-refractivity contribution in [1.82, 2.24) is 29.9 Å². The van der Waals surface area contributed by atoms with Crippen molar-refractivity contribution in [1.29, 1.82) is 0 Å². The number of fused-ring (bicyclic) bond motifs is 2. The number of alkyl halides is 4. The van der Waals surface area contributed by atoms with E-state index in [0.717, 1.165) is 6.92 Å². The van der Waals surface area contributed by atoms with Crippen LogP contribution >= 0.6 is 0 Å². The average molecular weight is 463 g/mol. The summed E-state index contributed by atoms with van der Waals surface area (Å²) in [5.74, 6) is -0.605. The topological polar surface area (TPSA) is 100 Å². The second-order valence-electron chi connectivity index (χ2n) is 8.27. The maximum Gasteiger partial charge on any atom is 0.408 e. The smallest absolute Gasteiger partial charge is 0.349 e. The van der Waals surface area contributed by atoms with Gasteiger partial charge in [-0.05, 0) is 38.5 Å². The van der Waals surface area contributed by atoms with Crippen LogP contribution in [-0.4, -0.2) is 54.9 Å². The summed E-state index contributed by atoms with van der Waals surface area (Å²) in [7, 11) is 0. The number of halogens is 4. The Balaban J connectivity index is 1.65. The van der Waals surface area contributed by atoms with Crippen molar-refractivity contribution in [3.05, 3.63) is 42.5 Å². The fraction of sp³-hybridized carbons (Fsp3) is 0.333. The van der Waals surface area contributed by atoms with Crippen LogP contribution in [0.3, 0.4) is 0 Å². The van der Waals surface area contributed by atoms with E-state index < -0.39 is 23.8 Å². The van der Waals surface area contributed by atoms with Gasteiger partial charge in [0.05, 0.1) is 23.8 Å². The maximum atomic E-state index is 13.7. The van der Waals surface area contributed by atoms with Gasteiger partial charge < -0.3 is 15.6 Å². The van der Waals surface area contributed by atoms with Crippen LogP contribution in [0.1, 0.15) is 31.1 Å². The summed E-state index contributed by atoms with van der Waals surface area (Å²) in [5.41, 5.74) is 0.995. The first-order valence-corrected chi connectivity index (χ1v) is 10.0. The number of aromatic amines is 1. The van der Waals surface area contributed by atoms with Crippen LogP contribution in [-0.2, 0) is 0 Å². The average Bonchev–Trinajstić information content (AvgIpc) is 3.34. The van der Waals surface area contributed by atoms with Crippen LogP contribution in [0.25, 0.3) is 27.7 Å². The number of carbonyl (C=O) groups is 1. The standard InChI is InChI=1S/C21H21F4N7O/c1-11(21(23,24)25)30-19-27-8-14-13(7-26-17(14)31-19)12-4-5-32-16(6-12)15(9-29-32)18(33)28-10-20(2,3)22/h4-9,11H,10H2,1-3H3,(H,28,33)(H2,26,27,30,31)/t11-/m1/s1. The number of pyridine rings is 1. The molecule has 4 aromatic heterocycles. The monoisotopic (exact) mass is 463 g/mol. The Bertz CT molecular complexity index is 1320. The number of amides is 1. The quantitative estimate of drug-likeness (QED) is 0.374. The van der Waals surface area contributed by atoms with Gasteiger partial charge in [0.2, 0.25) is 5.95 Å². The Morgan fingerprint density at radius 1 is 1.24 bits per heavy atom. The molecule has 0 bridgehead atoms. The number of hydrogen-bond acceptors (Lipinski definition) is 5. The molecule has 0 fully saturated rings. The van der Waals surface area contributed by atoms with Crippen molar-refractivity contribution in [2.45, 2.75) is 38.7 Å². The Hall–Kier alpha value is -3.70. The SMILES string of the molecule is C[C@@H](Nc1ncc2c(-c3ccn4ncc(C(=O)NCC(C)(C)F)c4c3)c[nH]c2n1)C(F)(F)F. The number of rotatable bonds is 6. The number of nitrogens with one attached hydrogen (secondary N) is 3. The molecule has 4 rings (SSSR count). The van der Waals surface area contributed by atoms with E-state index in [1.165, 1.54) is 30.8 Å². The molecule has 3 N–H and O–H groups in total. The minimum absolute atomic E-state index is 0.147. The second-order valence-corrected chi connectivity index (χ2v) is 8.27. The summed E-state index contributed by atoms with van der Waals surface area (Å²) in [4.78, 5) is 23.6. The summed E-state index contributed by atoms with van der Waals surface area (Å²) in [5, 5.41) is 9.54. The van der Waals surface area contributed by atoms with Crippen LogP contribution < -0.4 is 10.6 Å². The van der Waals surface area contributed by atoms with Gasteiger partial charge in [-0.2, -0.15) is 23.3 Å². The molecular weight excluding hydrogens is 442 g/mol. The first-order valence-electron chi connectivity index (χ1n) is 10.0. The number of H-pyrrole nitrogens is 1. The highest BCUT2D eigenvalue weighted by molar-refractivity contribution is 6.02. The van der Waals surface area contributed by atoms with Gasteiger partial charge in [-0.25, -0.2) is 13.9 Å². The summed E-state index contributed by atoms with van der Waals surface area (Å²) in [6, 6.07) is 1.71. The third-order valence-corrected chi connectivity index (χ3v) is 5.02. The number of nitrogens with zero attached hydrogens (tertiary/aromatic N) is 4. The van der Waals surface area contributed by atoms with E-state index in [2.05, 4.69) is 30.7 Å². The fourth-order valence-corrected chi connectivity index (χ4v) is 3.20. The van der Waals surface area contributed by atoms with Crippen LogP contribution in [0.5, 0.6) is 0 Å². The molecule has 4 heterocycles. The molecule has 0 saturated heterocycles. The summed E-state index contributed by atoms with van der Waals surface area (Å²) < 4.78 is 53.6. The van der Waals surface area contributed by atoms with Gasteiger partial charge in [-0.15, -0.1) is 0 Å². The van der Waals surface area contributed by atoms with E-state index in [-0.39, 0.29) is 18.1 Å². The molecule has 0 unspecified atom stereocenters. The highest BCUT2D eigenvalue weighted by atomic mass is 19.4. The van der Waals surface area contributed by atoms with Gasteiger partial charge in [0.15, 0.2) is 0 Å². The minimum Gasteiger partial charge on any atom is -0.349 e. The zero-order valence-electron chi connectivity index (χ0n) is 18.0. The zero-order chi connectivity index (χ0) is 24.0.